The Kier molecular flexibility index (Phi) is 5.99. The lowest BCUT2D eigenvalue weighted by molar-refractivity contribution is 0.0736. The van der Waals surface area contributed by atoms with Crippen LogP contribution in [0.3, 0.4) is 0 Å². The zero-order valence-electron chi connectivity index (χ0n) is 18.4. The van der Waals surface area contributed by atoms with Gasteiger partial charge in [0.15, 0.2) is 0 Å². The van der Waals surface area contributed by atoms with E-state index in [1.807, 2.05) is 26.8 Å². The summed E-state index contributed by atoms with van der Waals surface area (Å²) in [6.45, 7) is 7.66. The van der Waals surface area contributed by atoms with E-state index in [2.05, 4.69) is 9.88 Å². The summed E-state index contributed by atoms with van der Waals surface area (Å²) in [5.74, 6) is -1.82. The number of carbonyl (C=O) groups excluding carboxylic acids is 2. The Labute approximate surface area is 185 Å². The molecular weight excluding hydrogens is 418 g/mol. The molecular formula is C23H26F2N4O3. The van der Waals surface area contributed by atoms with Crippen LogP contribution in [0.15, 0.2) is 24.4 Å². The Balaban J connectivity index is 1.50. The number of carbonyl (C=O) groups is 2. The second kappa shape index (κ2) is 8.72. The zero-order valence-corrected chi connectivity index (χ0v) is 18.4. The van der Waals surface area contributed by atoms with Gasteiger partial charge in [-0.1, -0.05) is 13.0 Å². The van der Waals surface area contributed by atoms with Gasteiger partial charge < -0.3 is 14.5 Å². The van der Waals surface area contributed by atoms with Gasteiger partial charge in [0, 0.05) is 32.4 Å². The predicted molar refractivity (Wildman–Crippen MR) is 116 cm³/mol. The van der Waals surface area contributed by atoms with E-state index in [4.69, 9.17) is 4.74 Å². The molecule has 2 saturated heterocycles. The maximum absolute atomic E-state index is 14.9. The zero-order chi connectivity index (χ0) is 23.0. The topological polar surface area (TPSA) is 66.0 Å². The number of halogens is 2. The maximum Gasteiger partial charge on any atom is 0.414 e. The molecule has 170 valence electrons. The number of ether oxygens (including phenoxy) is 1. The molecule has 0 aliphatic carbocycles. The van der Waals surface area contributed by atoms with Crippen LogP contribution in [-0.2, 0) is 4.74 Å². The third kappa shape index (κ3) is 3.99. The Morgan fingerprint density at radius 3 is 2.38 bits per heavy atom. The van der Waals surface area contributed by atoms with E-state index in [0.717, 1.165) is 29.1 Å². The molecule has 7 nitrogen and oxygen atoms in total. The van der Waals surface area contributed by atoms with Gasteiger partial charge in [0.2, 0.25) is 0 Å². The number of rotatable bonds is 4. The number of piperazine rings is 1. The first-order valence-corrected chi connectivity index (χ1v) is 10.7. The fraction of sp³-hybridized carbons (Fsp3) is 0.435. The highest BCUT2D eigenvalue weighted by molar-refractivity contribution is 5.96. The predicted octanol–water partition coefficient (Wildman–Crippen LogP) is 3.67. The smallest absolute Gasteiger partial charge is 0.414 e. The van der Waals surface area contributed by atoms with Crippen LogP contribution in [0.5, 0.6) is 0 Å². The molecule has 2 amide bonds. The van der Waals surface area contributed by atoms with E-state index in [0.29, 0.717) is 32.6 Å². The van der Waals surface area contributed by atoms with Crippen LogP contribution in [0.1, 0.15) is 34.8 Å². The summed E-state index contributed by atoms with van der Waals surface area (Å²) in [5.41, 5.74) is 1.56. The number of anilines is 2. The van der Waals surface area contributed by atoms with Crippen LogP contribution in [0.2, 0.25) is 0 Å². The number of amides is 2. The molecule has 0 N–H and O–H groups in total. The van der Waals surface area contributed by atoms with E-state index in [1.54, 1.807) is 6.20 Å². The van der Waals surface area contributed by atoms with Crippen LogP contribution in [0.4, 0.5) is 25.1 Å². The molecule has 2 aliphatic rings. The molecule has 0 bridgehead atoms. The summed E-state index contributed by atoms with van der Waals surface area (Å²) in [6.07, 6.45) is 1.73. The summed E-state index contributed by atoms with van der Waals surface area (Å²) in [4.78, 5) is 34.1. The number of nitrogens with zero attached hydrogens (tertiary/aromatic N) is 4. The van der Waals surface area contributed by atoms with E-state index >= 15 is 0 Å². The highest BCUT2D eigenvalue weighted by Gasteiger charge is 2.35. The van der Waals surface area contributed by atoms with Crippen molar-refractivity contribution in [2.45, 2.75) is 33.2 Å². The van der Waals surface area contributed by atoms with Gasteiger partial charge in [-0.2, -0.15) is 0 Å². The molecule has 1 atom stereocenters. The van der Waals surface area contributed by atoms with Gasteiger partial charge in [-0.05, 0) is 43.5 Å². The average Bonchev–Trinajstić information content (AvgIpc) is 3.14. The fourth-order valence-electron chi connectivity index (χ4n) is 4.30. The Bertz CT molecular complexity index is 1030. The first kappa shape index (κ1) is 22.0. The summed E-state index contributed by atoms with van der Waals surface area (Å²) in [6, 6.07) is 3.81. The third-order valence-corrected chi connectivity index (χ3v) is 6.00. The van der Waals surface area contributed by atoms with E-state index in [1.165, 1.54) is 9.80 Å². The van der Waals surface area contributed by atoms with Crippen LogP contribution >= 0.6 is 0 Å². The lowest BCUT2D eigenvalue weighted by Crippen LogP contribution is -2.49. The van der Waals surface area contributed by atoms with Crippen molar-refractivity contribution in [3.05, 3.63) is 52.7 Å². The molecule has 2 fully saturated rings. The normalized spacial score (nSPS) is 18.8. The highest BCUT2D eigenvalue weighted by atomic mass is 19.1. The molecule has 3 heterocycles. The Hall–Kier alpha value is -3.23. The first-order chi connectivity index (χ1) is 15.3. The average molecular weight is 444 g/mol. The van der Waals surface area contributed by atoms with Crippen LogP contribution in [0.25, 0.3) is 0 Å². The number of hydrogen-bond donors (Lipinski definition) is 0. The van der Waals surface area contributed by atoms with Crippen molar-refractivity contribution in [3.8, 4) is 0 Å². The number of benzene rings is 1. The lowest BCUT2D eigenvalue weighted by atomic mass is 10.1. The van der Waals surface area contributed by atoms with Crippen molar-refractivity contribution in [2.75, 3.05) is 42.6 Å². The first-order valence-electron chi connectivity index (χ1n) is 10.7. The molecule has 32 heavy (non-hydrogen) atoms. The van der Waals surface area contributed by atoms with Crippen LogP contribution in [-0.4, -0.2) is 60.7 Å². The molecule has 1 unspecified atom stereocenters. The van der Waals surface area contributed by atoms with Crippen molar-refractivity contribution in [1.82, 2.24) is 9.88 Å². The van der Waals surface area contributed by atoms with E-state index in [9.17, 15) is 18.4 Å². The van der Waals surface area contributed by atoms with Gasteiger partial charge in [0.05, 0.1) is 11.7 Å². The maximum atomic E-state index is 14.9. The molecule has 4 rings (SSSR count). The standard InChI is InChI=1S/C23H26F2N4O3/c1-4-16-13-32-23(31)29(16)17-10-18(24)20(19(25)11-17)22(30)28-7-5-27(6-8-28)21-15(3)9-14(2)12-26-21/h9-12,16H,4-8,13H2,1-3H3. The second-order valence-corrected chi connectivity index (χ2v) is 8.23. The highest BCUT2D eigenvalue weighted by Crippen LogP contribution is 2.29. The number of aryl methyl sites for hydroxylation is 2. The Morgan fingerprint density at radius 1 is 1.12 bits per heavy atom. The molecule has 1 aromatic carbocycles. The molecule has 9 heteroatoms. The molecule has 2 aliphatic heterocycles. The summed E-state index contributed by atoms with van der Waals surface area (Å²) >= 11 is 0. The largest absolute Gasteiger partial charge is 0.447 e. The second-order valence-electron chi connectivity index (χ2n) is 8.23. The SMILES string of the molecule is CCC1COC(=O)N1c1cc(F)c(C(=O)N2CCN(c3ncc(C)cc3C)CC2)c(F)c1. The lowest BCUT2D eigenvalue weighted by Gasteiger charge is -2.36. The third-order valence-electron chi connectivity index (χ3n) is 6.00. The van der Waals surface area contributed by atoms with Gasteiger partial charge >= 0.3 is 6.09 Å². The Morgan fingerprint density at radius 2 is 1.78 bits per heavy atom. The van der Waals surface area contributed by atoms with Crippen LogP contribution < -0.4 is 9.80 Å². The van der Waals surface area contributed by atoms with Crippen molar-refractivity contribution >= 4 is 23.5 Å². The van der Waals surface area contributed by atoms with E-state index in [-0.39, 0.29) is 18.3 Å². The summed E-state index contributed by atoms with van der Waals surface area (Å²) in [7, 11) is 0. The van der Waals surface area contributed by atoms with Gasteiger partial charge in [0.1, 0.15) is 29.6 Å². The van der Waals surface area contributed by atoms with Crippen LogP contribution in [0, 0.1) is 25.5 Å². The molecule has 1 aromatic heterocycles. The minimum absolute atomic E-state index is 0.0524. The molecule has 0 spiro atoms. The number of pyridine rings is 1. The molecule has 2 aromatic rings. The van der Waals surface area contributed by atoms with Crippen molar-refractivity contribution in [3.63, 3.8) is 0 Å². The summed E-state index contributed by atoms with van der Waals surface area (Å²) in [5, 5.41) is 0. The number of hydrogen-bond acceptors (Lipinski definition) is 5. The van der Waals surface area contributed by atoms with E-state index < -0.39 is 29.2 Å². The fourth-order valence-corrected chi connectivity index (χ4v) is 4.30. The minimum Gasteiger partial charge on any atom is -0.447 e. The quantitative estimate of drug-likeness (QED) is 0.720. The molecule has 0 radical (unpaired) electrons. The monoisotopic (exact) mass is 444 g/mol. The van der Waals surface area contributed by atoms with Crippen molar-refractivity contribution in [2.24, 2.45) is 0 Å². The van der Waals surface area contributed by atoms with Gasteiger partial charge in [-0.15, -0.1) is 0 Å². The van der Waals surface area contributed by atoms with Crippen molar-refractivity contribution < 1.29 is 23.1 Å². The number of cyclic esters (lactones) is 1. The summed E-state index contributed by atoms with van der Waals surface area (Å²) < 4.78 is 34.7. The van der Waals surface area contributed by atoms with Gasteiger partial charge in [-0.25, -0.2) is 18.6 Å². The number of aromatic nitrogens is 1. The minimum atomic E-state index is -0.988. The van der Waals surface area contributed by atoms with Crippen molar-refractivity contribution in [1.29, 1.82) is 0 Å². The molecule has 0 saturated carbocycles. The van der Waals surface area contributed by atoms with Gasteiger partial charge in [-0.3, -0.25) is 9.69 Å². The van der Waals surface area contributed by atoms with Gasteiger partial charge in [0.25, 0.3) is 5.91 Å².